The fraction of sp³-hybridized carbons (Fsp3) is 0.625. The number of allylic oxidation sites excluding steroid dienone is 1. The van der Waals surface area contributed by atoms with Gasteiger partial charge in [0.1, 0.15) is 0 Å². The van der Waals surface area contributed by atoms with Gasteiger partial charge in [-0.2, -0.15) is 0 Å². The molecule has 0 bridgehead atoms. The monoisotopic (exact) mass is 438 g/mol. The van der Waals surface area contributed by atoms with E-state index in [1.54, 1.807) is 0 Å². The summed E-state index contributed by atoms with van der Waals surface area (Å²) in [4.78, 5) is 9.20. The summed E-state index contributed by atoms with van der Waals surface area (Å²) in [6, 6.07) is 0. The second kappa shape index (κ2) is 15.6. The Morgan fingerprint density at radius 2 is 1.77 bits per heavy atom. The van der Waals surface area contributed by atoms with E-state index in [4.69, 9.17) is 9.63 Å². The number of aliphatic hydroxyl groups is 1. The molecule has 0 aliphatic rings. The van der Waals surface area contributed by atoms with Crippen molar-refractivity contribution in [2.75, 3.05) is 19.4 Å². The van der Waals surface area contributed by atoms with Crippen LogP contribution >= 0.6 is 30.2 Å². The van der Waals surface area contributed by atoms with Crippen molar-refractivity contribution in [1.82, 2.24) is 0 Å². The van der Waals surface area contributed by atoms with Crippen LogP contribution in [0.2, 0.25) is 0 Å². The van der Waals surface area contributed by atoms with Crippen LogP contribution in [-0.4, -0.2) is 29.4 Å². The molecule has 0 fully saturated rings. The highest BCUT2D eigenvalue weighted by atomic mass is 127. The van der Waals surface area contributed by atoms with Gasteiger partial charge in [-0.25, -0.2) is 0 Å². The lowest BCUT2D eigenvalue weighted by Crippen LogP contribution is -1.99. The number of rotatable bonds is 11. The van der Waals surface area contributed by atoms with Crippen molar-refractivity contribution in [3.05, 3.63) is 10.2 Å². The fourth-order valence-corrected chi connectivity index (χ4v) is 2.65. The summed E-state index contributed by atoms with van der Waals surface area (Å²) in [6.45, 7) is -0.284. The molecule has 0 saturated heterocycles. The van der Waals surface area contributed by atoms with Crippen LogP contribution in [0.4, 0.5) is 0 Å². The van der Waals surface area contributed by atoms with Crippen LogP contribution in [0.25, 0.3) is 0 Å². The molecule has 0 saturated carbocycles. The van der Waals surface area contributed by atoms with E-state index in [1.807, 2.05) is 0 Å². The molecule has 1 atom stereocenters. The summed E-state index contributed by atoms with van der Waals surface area (Å²) in [5.41, 5.74) is 0. The first kappa shape index (κ1) is 21.7. The molecule has 4 nitrogen and oxygen atoms in total. The molecule has 0 aromatic carbocycles. The Morgan fingerprint density at radius 3 is 2.45 bits per heavy atom. The first-order valence-electron chi connectivity index (χ1n) is 7.40. The lowest BCUT2D eigenvalue weighted by Gasteiger charge is -2.08. The minimum absolute atomic E-state index is 0.0775. The number of hydrogen-bond donors (Lipinski definition) is 2. The minimum Gasteiger partial charge on any atom is -0.396 e. The summed E-state index contributed by atoms with van der Waals surface area (Å²) in [6.07, 6.45) is 9.07. The highest BCUT2D eigenvalue weighted by molar-refractivity contribution is 14.1. The molecule has 124 valence electrons. The van der Waals surface area contributed by atoms with E-state index < -0.39 is 7.60 Å². The predicted molar refractivity (Wildman–Crippen MR) is 98.8 cm³/mol. The number of aliphatic hydroxyl groups excluding tert-OH is 1. The van der Waals surface area contributed by atoms with Crippen LogP contribution in [0.15, 0.2) is 10.2 Å². The van der Waals surface area contributed by atoms with Crippen molar-refractivity contribution in [2.45, 2.75) is 44.9 Å². The van der Waals surface area contributed by atoms with Gasteiger partial charge in [-0.1, -0.05) is 53.3 Å². The van der Waals surface area contributed by atoms with Crippen molar-refractivity contribution >= 4 is 30.2 Å². The molecular weight excluding hydrogens is 414 g/mol. The molecule has 0 radical (unpaired) electrons. The Balaban J connectivity index is 3.54. The maximum atomic E-state index is 11.2. The molecule has 0 aromatic rings. The molecule has 0 aliphatic heterocycles. The van der Waals surface area contributed by atoms with E-state index in [0.717, 1.165) is 19.3 Å². The highest BCUT2D eigenvalue weighted by Crippen LogP contribution is 2.40. The molecule has 0 rings (SSSR count). The predicted octanol–water partition coefficient (Wildman–Crippen LogP) is 3.87. The Bertz CT molecular complexity index is 468. The molecule has 0 aliphatic carbocycles. The Morgan fingerprint density at radius 1 is 1.09 bits per heavy atom. The Labute approximate surface area is 147 Å². The summed E-state index contributed by atoms with van der Waals surface area (Å²) in [5, 5.41) is 8.56. The number of hydrogen-bond acceptors (Lipinski definition) is 3. The number of unbranched alkanes of at least 4 members (excludes halogenated alkanes) is 5. The van der Waals surface area contributed by atoms with Crippen LogP contribution in [0.1, 0.15) is 44.9 Å². The van der Waals surface area contributed by atoms with Gasteiger partial charge in [0.2, 0.25) is 0 Å². The lowest BCUT2D eigenvalue weighted by molar-refractivity contribution is 0.250. The van der Waals surface area contributed by atoms with Gasteiger partial charge in [0.25, 0.3) is 0 Å². The maximum absolute atomic E-state index is 11.2. The zero-order valence-electron chi connectivity index (χ0n) is 12.8. The largest absolute Gasteiger partial charge is 0.396 e. The first-order valence-corrected chi connectivity index (χ1v) is 10.4. The molecule has 0 aromatic heterocycles. The average molecular weight is 438 g/mol. The van der Waals surface area contributed by atoms with E-state index in [2.05, 4.69) is 56.4 Å². The molecular formula is C16H24IO4P. The van der Waals surface area contributed by atoms with Gasteiger partial charge in [0.05, 0.1) is 19.4 Å². The fourth-order valence-electron chi connectivity index (χ4n) is 1.54. The smallest absolute Gasteiger partial charge is 0.330 e. The molecule has 22 heavy (non-hydrogen) atoms. The van der Waals surface area contributed by atoms with Gasteiger partial charge in [0.15, 0.2) is 0 Å². The van der Waals surface area contributed by atoms with Gasteiger partial charge in [-0.3, -0.25) is 4.57 Å². The summed E-state index contributed by atoms with van der Waals surface area (Å²) >= 11 is 2.23. The van der Waals surface area contributed by atoms with Crippen molar-refractivity contribution < 1.29 is 19.1 Å². The molecule has 0 spiro atoms. The standard InChI is InChI=1S/C16H24IO4P/c17-13-11-9-7-5-3-1-2-4-6-8-10-12-15-21-22(19,20)16-14-18/h11,13,18H,1-3,5,7,9,12,14-16H2,(H,19,20). The normalized spacial score (nSPS) is 13.0. The van der Waals surface area contributed by atoms with Crippen molar-refractivity contribution in [2.24, 2.45) is 0 Å². The molecule has 2 N–H and O–H groups in total. The van der Waals surface area contributed by atoms with Crippen molar-refractivity contribution in [3.8, 4) is 23.7 Å². The van der Waals surface area contributed by atoms with Crippen LogP contribution in [-0.2, 0) is 9.09 Å². The minimum atomic E-state index is -3.64. The van der Waals surface area contributed by atoms with Gasteiger partial charge < -0.3 is 14.5 Å². The first-order chi connectivity index (χ1) is 10.6. The van der Waals surface area contributed by atoms with Crippen molar-refractivity contribution in [3.63, 3.8) is 0 Å². The average Bonchev–Trinajstić information content (AvgIpc) is 2.47. The summed E-state index contributed by atoms with van der Waals surface area (Å²) < 4.78 is 18.0. The second-order valence-electron chi connectivity index (χ2n) is 4.59. The van der Waals surface area contributed by atoms with E-state index in [9.17, 15) is 9.46 Å². The zero-order valence-corrected chi connectivity index (χ0v) is 15.8. The van der Waals surface area contributed by atoms with E-state index >= 15 is 0 Å². The van der Waals surface area contributed by atoms with E-state index in [0.29, 0.717) is 6.42 Å². The topological polar surface area (TPSA) is 66.8 Å². The maximum Gasteiger partial charge on any atom is 0.330 e. The molecule has 1 unspecified atom stereocenters. The van der Waals surface area contributed by atoms with Gasteiger partial charge in [-0.15, -0.1) is 0 Å². The second-order valence-corrected chi connectivity index (χ2v) is 7.29. The third-order valence-electron chi connectivity index (χ3n) is 2.65. The van der Waals surface area contributed by atoms with Gasteiger partial charge in [-0.05, 0) is 35.2 Å². The van der Waals surface area contributed by atoms with Gasteiger partial charge >= 0.3 is 7.60 Å². The lowest BCUT2D eigenvalue weighted by atomic mass is 10.1. The number of halogens is 1. The third kappa shape index (κ3) is 16.1. The SMILES string of the molecule is O=P(O)(CCO)OCCC#CC#CCCCCCCC=CI. The van der Waals surface area contributed by atoms with Crippen LogP contribution in [0, 0.1) is 23.7 Å². The van der Waals surface area contributed by atoms with E-state index in [1.165, 1.54) is 19.3 Å². The van der Waals surface area contributed by atoms with Crippen LogP contribution in [0.3, 0.4) is 0 Å². The van der Waals surface area contributed by atoms with Crippen molar-refractivity contribution in [1.29, 1.82) is 0 Å². The zero-order chi connectivity index (χ0) is 16.5. The van der Waals surface area contributed by atoms with Crippen LogP contribution < -0.4 is 0 Å². The molecule has 0 amide bonds. The molecule has 0 heterocycles. The van der Waals surface area contributed by atoms with Gasteiger partial charge in [0, 0.05) is 12.8 Å². The van der Waals surface area contributed by atoms with Crippen LogP contribution in [0.5, 0.6) is 0 Å². The quantitative estimate of drug-likeness (QED) is 0.223. The summed E-state index contributed by atoms with van der Waals surface area (Å²) in [5.74, 6) is 11.2. The van der Waals surface area contributed by atoms with E-state index in [-0.39, 0.29) is 19.4 Å². The Hall–Kier alpha value is -0.300. The molecule has 6 heteroatoms. The Kier molecular flexibility index (Phi) is 15.4. The third-order valence-corrected chi connectivity index (χ3v) is 4.51. The summed E-state index contributed by atoms with van der Waals surface area (Å²) in [7, 11) is -3.64. The highest BCUT2D eigenvalue weighted by Gasteiger charge is 2.17.